The molecule has 0 aromatic carbocycles. The number of carbonyl (C=O) groups is 3. The number of nitrogens with zero attached hydrogens (tertiary/aromatic N) is 5. The first-order valence-corrected chi connectivity index (χ1v) is 10.0. The number of hydrogen-bond acceptors (Lipinski definition) is 12. The molecule has 0 saturated carbocycles. The largest absolute Gasteiger partial charge is 0.459 e. The summed E-state index contributed by atoms with van der Waals surface area (Å²) in [5.74, 6) is -1.58. The third-order valence-corrected chi connectivity index (χ3v) is 4.94. The van der Waals surface area contributed by atoms with Crippen molar-refractivity contribution in [2.24, 2.45) is 0 Å². The molecule has 1 aliphatic heterocycles. The molecule has 0 spiro atoms. The second-order valence-electron chi connectivity index (χ2n) is 7.08. The molecule has 1 fully saturated rings. The summed E-state index contributed by atoms with van der Waals surface area (Å²) >= 11 is 6.09. The molecule has 0 amide bonds. The quantitative estimate of drug-likeness (QED) is 0.286. The van der Waals surface area contributed by atoms with Crippen LogP contribution in [0.25, 0.3) is 11.2 Å². The molecule has 1 saturated heterocycles. The Balaban J connectivity index is 1.73. The van der Waals surface area contributed by atoms with Crippen molar-refractivity contribution in [3.63, 3.8) is 0 Å². The van der Waals surface area contributed by atoms with Crippen LogP contribution >= 0.6 is 11.6 Å². The van der Waals surface area contributed by atoms with Gasteiger partial charge in [0.25, 0.3) is 0 Å². The van der Waals surface area contributed by atoms with E-state index in [-0.39, 0.29) is 17.5 Å². The van der Waals surface area contributed by atoms with E-state index in [4.69, 9.17) is 35.1 Å². The van der Waals surface area contributed by atoms with E-state index in [1.807, 2.05) is 0 Å². The lowest BCUT2D eigenvalue weighted by Gasteiger charge is -2.23. The molecule has 3 aromatic rings. The molecule has 0 bridgehead atoms. The van der Waals surface area contributed by atoms with Crippen LogP contribution in [0.1, 0.15) is 44.6 Å². The smallest absolute Gasteiger partial charge is 0.303 e. The Bertz CT molecular complexity index is 1210. The standard InChI is InChI=1S/C19H18ClN5O8/c1-8(26)29-5-11-4-12(33-24-11)14-15(30-9(2)27)16(31-10(3)28)19(32-14)25-7-23-13-17(20)21-6-22-18(13)25/h4,6-7,14-16,19H,5H2,1-3H3/t14-,15-,16-,19-/m1/s1. The first-order valence-electron chi connectivity index (χ1n) is 9.66. The molecule has 0 unspecified atom stereocenters. The van der Waals surface area contributed by atoms with E-state index in [1.54, 1.807) is 0 Å². The van der Waals surface area contributed by atoms with E-state index >= 15 is 0 Å². The molecule has 0 radical (unpaired) electrons. The molecule has 4 heterocycles. The van der Waals surface area contributed by atoms with Crippen LogP contribution in [0.15, 0.2) is 23.2 Å². The monoisotopic (exact) mass is 479 g/mol. The SMILES string of the molecule is CC(=O)OCc1cc([C@H]2O[C@@H](n3cnc4c(Cl)ncnc43)[C@H](OC(C)=O)[C@@H]2OC(C)=O)on1. The van der Waals surface area contributed by atoms with Gasteiger partial charge in [0, 0.05) is 26.8 Å². The molecule has 14 heteroatoms. The van der Waals surface area contributed by atoms with Gasteiger partial charge in [0.2, 0.25) is 0 Å². The van der Waals surface area contributed by atoms with Crippen molar-refractivity contribution in [1.82, 2.24) is 24.7 Å². The molecule has 1 aliphatic rings. The minimum absolute atomic E-state index is 0.123. The highest BCUT2D eigenvalue weighted by Crippen LogP contribution is 2.43. The fourth-order valence-electron chi connectivity index (χ4n) is 3.45. The number of fused-ring (bicyclic) bond motifs is 1. The summed E-state index contributed by atoms with van der Waals surface area (Å²) in [5, 5.41) is 3.97. The van der Waals surface area contributed by atoms with Crippen molar-refractivity contribution in [1.29, 1.82) is 0 Å². The Labute approximate surface area is 190 Å². The molecule has 4 atom stereocenters. The third kappa shape index (κ3) is 4.64. The maximum atomic E-state index is 11.9. The van der Waals surface area contributed by atoms with Gasteiger partial charge in [-0.3, -0.25) is 19.0 Å². The van der Waals surface area contributed by atoms with Gasteiger partial charge in [-0.15, -0.1) is 0 Å². The molecule has 0 N–H and O–H groups in total. The van der Waals surface area contributed by atoms with E-state index in [1.165, 1.54) is 44.1 Å². The van der Waals surface area contributed by atoms with Crippen LogP contribution in [0.5, 0.6) is 0 Å². The lowest BCUT2D eigenvalue weighted by atomic mass is 10.1. The average molecular weight is 480 g/mol. The number of halogens is 1. The van der Waals surface area contributed by atoms with Crippen LogP contribution in [0, 0.1) is 0 Å². The number of imidazole rings is 1. The van der Waals surface area contributed by atoms with Crippen molar-refractivity contribution in [3.8, 4) is 0 Å². The normalized spacial score (nSPS) is 22.3. The third-order valence-electron chi connectivity index (χ3n) is 4.66. The number of ether oxygens (including phenoxy) is 4. The van der Waals surface area contributed by atoms with Crippen LogP contribution in [0.2, 0.25) is 5.15 Å². The fourth-order valence-corrected chi connectivity index (χ4v) is 3.62. The van der Waals surface area contributed by atoms with Gasteiger partial charge in [-0.2, -0.15) is 0 Å². The summed E-state index contributed by atoms with van der Waals surface area (Å²) in [6.45, 7) is 3.56. The van der Waals surface area contributed by atoms with Crippen LogP contribution in [0.3, 0.4) is 0 Å². The highest BCUT2D eigenvalue weighted by Gasteiger charge is 2.52. The number of rotatable bonds is 6. The molecule has 174 valence electrons. The lowest BCUT2D eigenvalue weighted by molar-refractivity contribution is -0.165. The zero-order chi connectivity index (χ0) is 23.7. The topological polar surface area (TPSA) is 158 Å². The van der Waals surface area contributed by atoms with Crippen LogP contribution in [-0.2, 0) is 39.9 Å². The van der Waals surface area contributed by atoms with Gasteiger partial charge >= 0.3 is 17.9 Å². The molecule has 4 rings (SSSR count). The Hall–Kier alpha value is -3.58. The zero-order valence-corrected chi connectivity index (χ0v) is 18.4. The highest BCUT2D eigenvalue weighted by molar-refractivity contribution is 6.33. The Kier molecular flexibility index (Phi) is 6.24. The molecular weight excluding hydrogens is 462 g/mol. The van der Waals surface area contributed by atoms with E-state index in [0.29, 0.717) is 16.9 Å². The van der Waals surface area contributed by atoms with Gasteiger partial charge < -0.3 is 23.5 Å². The second kappa shape index (κ2) is 9.11. The maximum Gasteiger partial charge on any atom is 0.303 e. The predicted octanol–water partition coefficient (Wildman–Crippen LogP) is 1.66. The maximum absolute atomic E-state index is 11.9. The summed E-state index contributed by atoms with van der Waals surface area (Å²) < 4.78 is 28.8. The Morgan fingerprint density at radius 2 is 1.79 bits per heavy atom. The predicted molar refractivity (Wildman–Crippen MR) is 106 cm³/mol. The molecular formula is C19H18ClN5O8. The fraction of sp³-hybridized carbons (Fsp3) is 0.421. The van der Waals surface area contributed by atoms with Crippen LogP contribution in [-0.4, -0.2) is 54.8 Å². The van der Waals surface area contributed by atoms with Crippen molar-refractivity contribution in [3.05, 3.63) is 35.3 Å². The molecule has 33 heavy (non-hydrogen) atoms. The highest BCUT2D eigenvalue weighted by atomic mass is 35.5. The van der Waals surface area contributed by atoms with E-state index in [0.717, 1.165) is 0 Å². The van der Waals surface area contributed by atoms with Crippen LogP contribution in [0.4, 0.5) is 0 Å². The summed E-state index contributed by atoms with van der Waals surface area (Å²) in [6, 6.07) is 1.49. The Morgan fingerprint density at radius 1 is 1.06 bits per heavy atom. The first-order chi connectivity index (χ1) is 15.7. The van der Waals surface area contributed by atoms with Gasteiger partial charge in [-0.05, 0) is 0 Å². The van der Waals surface area contributed by atoms with Crippen molar-refractivity contribution in [2.75, 3.05) is 0 Å². The van der Waals surface area contributed by atoms with Gasteiger partial charge in [-0.1, -0.05) is 16.8 Å². The molecule has 13 nitrogen and oxygen atoms in total. The van der Waals surface area contributed by atoms with Gasteiger partial charge in [-0.25, -0.2) is 15.0 Å². The number of aromatic nitrogens is 5. The minimum atomic E-state index is -1.10. The van der Waals surface area contributed by atoms with Crippen LogP contribution < -0.4 is 0 Å². The van der Waals surface area contributed by atoms with E-state index in [2.05, 4.69) is 20.1 Å². The summed E-state index contributed by atoms with van der Waals surface area (Å²) in [4.78, 5) is 47.1. The molecule has 0 aliphatic carbocycles. The molecule has 3 aromatic heterocycles. The number of carbonyl (C=O) groups excluding carboxylic acids is 3. The summed E-state index contributed by atoms with van der Waals surface area (Å²) in [5.41, 5.74) is 0.929. The van der Waals surface area contributed by atoms with Gasteiger partial charge in [0.05, 0.1) is 6.33 Å². The van der Waals surface area contributed by atoms with Crippen molar-refractivity contribution in [2.45, 2.75) is 51.9 Å². The minimum Gasteiger partial charge on any atom is -0.459 e. The Morgan fingerprint density at radius 3 is 2.48 bits per heavy atom. The summed E-state index contributed by atoms with van der Waals surface area (Å²) in [7, 11) is 0. The first kappa shape index (κ1) is 22.6. The summed E-state index contributed by atoms with van der Waals surface area (Å²) in [6.07, 6.45) is -1.58. The van der Waals surface area contributed by atoms with Crippen molar-refractivity contribution >= 4 is 40.7 Å². The number of hydrogen-bond donors (Lipinski definition) is 0. The van der Waals surface area contributed by atoms with E-state index in [9.17, 15) is 14.4 Å². The second-order valence-corrected chi connectivity index (χ2v) is 7.44. The van der Waals surface area contributed by atoms with E-state index < -0.39 is 42.4 Å². The zero-order valence-electron chi connectivity index (χ0n) is 17.6. The average Bonchev–Trinajstić information content (AvgIpc) is 3.44. The van der Waals surface area contributed by atoms with Gasteiger partial charge in [0.1, 0.15) is 24.1 Å². The number of esters is 3. The van der Waals surface area contributed by atoms with Crippen molar-refractivity contribution < 1.29 is 37.9 Å². The lowest BCUT2D eigenvalue weighted by Crippen LogP contribution is -2.36. The van der Waals surface area contributed by atoms with Gasteiger partial charge in [0.15, 0.2) is 41.1 Å².